The number of likely N-dealkylation sites (tertiary alicyclic amines) is 1. The van der Waals surface area contributed by atoms with Crippen LogP contribution in [-0.2, 0) is 11.3 Å². The van der Waals surface area contributed by atoms with Gasteiger partial charge < -0.3 is 19.7 Å². The molecule has 0 saturated carbocycles. The first-order valence-corrected chi connectivity index (χ1v) is 8.09. The highest BCUT2D eigenvalue weighted by atomic mass is 16.5. The van der Waals surface area contributed by atoms with Crippen molar-refractivity contribution in [3.8, 4) is 5.75 Å². The highest BCUT2D eigenvalue weighted by molar-refractivity contribution is 5.28. The van der Waals surface area contributed by atoms with Gasteiger partial charge in [0.15, 0.2) is 0 Å². The molecule has 2 saturated heterocycles. The van der Waals surface area contributed by atoms with Gasteiger partial charge in [-0.15, -0.1) is 0 Å². The minimum absolute atomic E-state index is 0.0185. The molecular weight excluding hydrogens is 282 g/mol. The molecule has 2 aliphatic heterocycles. The number of piperidine rings is 1. The van der Waals surface area contributed by atoms with Crippen LogP contribution < -0.4 is 4.74 Å². The number of ether oxygens (including phenoxy) is 2. The summed E-state index contributed by atoms with van der Waals surface area (Å²) in [5, 5.41) is 19.3. The molecular formula is C17H25NO4. The Bertz CT molecular complexity index is 487. The number of aliphatic hydroxyl groups is 2. The van der Waals surface area contributed by atoms with Gasteiger partial charge in [0.05, 0.1) is 18.3 Å². The minimum atomic E-state index is -0.405. The quantitative estimate of drug-likeness (QED) is 0.855. The summed E-state index contributed by atoms with van der Waals surface area (Å²) in [7, 11) is 0. The number of hydrogen-bond donors (Lipinski definition) is 2. The van der Waals surface area contributed by atoms with Gasteiger partial charge >= 0.3 is 0 Å². The normalized spacial score (nSPS) is 29.1. The fourth-order valence-corrected chi connectivity index (χ4v) is 3.49. The maximum atomic E-state index is 10.5. The van der Waals surface area contributed by atoms with E-state index in [4.69, 9.17) is 14.6 Å². The van der Waals surface area contributed by atoms with Crippen LogP contribution in [0.1, 0.15) is 24.8 Å². The van der Waals surface area contributed by atoms with Crippen LogP contribution in [0.4, 0.5) is 0 Å². The third-order valence-corrected chi connectivity index (χ3v) is 4.69. The van der Waals surface area contributed by atoms with Gasteiger partial charge in [0.25, 0.3) is 0 Å². The molecule has 2 N–H and O–H groups in total. The minimum Gasteiger partial charge on any atom is -0.491 e. The van der Waals surface area contributed by atoms with E-state index < -0.39 is 6.10 Å². The molecule has 0 unspecified atom stereocenters. The molecule has 0 radical (unpaired) electrons. The summed E-state index contributed by atoms with van der Waals surface area (Å²) in [5.74, 6) is 0.778. The van der Waals surface area contributed by atoms with Crippen LogP contribution in [0.2, 0.25) is 0 Å². The first-order valence-electron chi connectivity index (χ1n) is 8.09. The van der Waals surface area contributed by atoms with Crippen molar-refractivity contribution in [2.45, 2.75) is 37.5 Å². The molecule has 3 rings (SSSR count). The molecule has 0 aromatic heterocycles. The lowest BCUT2D eigenvalue weighted by Crippen LogP contribution is -2.54. The Hall–Kier alpha value is -1.14. The Kier molecular flexibility index (Phi) is 4.98. The lowest BCUT2D eigenvalue weighted by Gasteiger charge is -2.42. The van der Waals surface area contributed by atoms with Crippen molar-refractivity contribution in [1.82, 2.24) is 4.90 Å². The van der Waals surface area contributed by atoms with Crippen molar-refractivity contribution < 1.29 is 19.7 Å². The monoisotopic (exact) mass is 307 g/mol. The number of hydrogen-bond acceptors (Lipinski definition) is 5. The second-order valence-corrected chi connectivity index (χ2v) is 6.24. The maximum Gasteiger partial charge on any atom is 0.119 e. The van der Waals surface area contributed by atoms with Gasteiger partial charge in [0.2, 0.25) is 0 Å². The van der Waals surface area contributed by atoms with Crippen molar-refractivity contribution in [1.29, 1.82) is 0 Å². The Labute approximate surface area is 131 Å². The molecule has 2 atom stereocenters. The highest BCUT2D eigenvalue weighted by Crippen LogP contribution is 2.36. The van der Waals surface area contributed by atoms with E-state index in [9.17, 15) is 5.11 Å². The van der Waals surface area contributed by atoms with Crippen molar-refractivity contribution >= 4 is 0 Å². The molecule has 5 nitrogen and oxygen atoms in total. The van der Waals surface area contributed by atoms with Crippen molar-refractivity contribution in [2.75, 3.05) is 32.9 Å². The zero-order valence-corrected chi connectivity index (χ0v) is 12.9. The molecule has 2 fully saturated rings. The molecule has 1 aromatic rings. The fourth-order valence-electron chi connectivity index (χ4n) is 3.49. The Morgan fingerprint density at radius 1 is 1.36 bits per heavy atom. The van der Waals surface area contributed by atoms with E-state index in [1.807, 2.05) is 18.2 Å². The zero-order valence-electron chi connectivity index (χ0n) is 12.9. The van der Waals surface area contributed by atoms with E-state index in [0.29, 0.717) is 13.2 Å². The van der Waals surface area contributed by atoms with E-state index in [-0.39, 0.29) is 12.2 Å². The third-order valence-electron chi connectivity index (χ3n) is 4.69. The van der Waals surface area contributed by atoms with Crippen molar-refractivity contribution in [3.05, 3.63) is 29.8 Å². The Balaban J connectivity index is 1.58. The number of aliphatic hydroxyl groups excluding tert-OH is 2. The van der Waals surface area contributed by atoms with Gasteiger partial charge in [-0.05, 0) is 37.0 Å². The summed E-state index contributed by atoms with van der Waals surface area (Å²) < 4.78 is 11.3. The fraction of sp³-hybridized carbons (Fsp3) is 0.647. The molecule has 2 aliphatic rings. The topological polar surface area (TPSA) is 62.2 Å². The molecule has 1 spiro atoms. The molecule has 0 amide bonds. The van der Waals surface area contributed by atoms with Crippen LogP contribution in [0, 0.1) is 0 Å². The summed E-state index contributed by atoms with van der Waals surface area (Å²) >= 11 is 0. The van der Waals surface area contributed by atoms with E-state index in [2.05, 4.69) is 11.0 Å². The number of nitrogens with zero attached hydrogens (tertiary/aromatic N) is 1. The van der Waals surface area contributed by atoms with Gasteiger partial charge in [-0.25, -0.2) is 0 Å². The van der Waals surface area contributed by atoms with Crippen molar-refractivity contribution in [2.24, 2.45) is 0 Å². The van der Waals surface area contributed by atoms with Crippen LogP contribution in [-0.4, -0.2) is 59.7 Å². The molecule has 5 heteroatoms. The zero-order chi connectivity index (χ0) is 15.4. The van der Waals surface area contributed by atoms with Crippen LogP contribution in [0.15, 0.2) is 24.3 Å². The lowest BCUT2D eigenvalue weighted by atomic mass is 9.86. The predicted octanol–water partition coefficient (Wildman–Crippen LogP) is 1.17. The van der Waals surface area contributed by atoms with E-state index in [0.717, 1.165) is 50.3 Å². The highest BCUT2D eigenvalue weighted by Gasteiger charge is 2.45. The molecule has 122 valence electrons. The second kappa shape index (κ2) is 6.96. The SMILES string of the molecule is OCCOc1cccc(CN2CC[C@@]3(CCCO3)[C@@H](O)C2)c1. The lowest BCUT2D eigenvalue weighted by molar-refractivity contribution is -0.130. The van der Waals surface area contributed by atoms with E-state index >= 15 is 0 Å². The summed E-state index contributed by atoms with van der Waals surface area (Å²) in [6.07, 6.45) is 2.53. The van der Waals surface area contributed by atoms with Crippen molar-refractivity contribution in [3.63, 3.8) is 0 Å². The molecule has 2 heterocycles. The van der Waals surface area contributed by atoms with Gasteiger partial charge in [0.1, 0.15) is 12.4 Å². The smallest absolute Gasteiger partial charge is 0.119 e. The maximum absolute atomic E-state index is 10.5. The van der Waals surface area contributed by atoms with E-state index in [1.165, 1.54) is 0 Å². The Morgan fingerprint density at radius 2 is 2.27 bits per heavy atom. The number of β-amino-alcohol motifs (C(OH)–C–C–N with tert-alkyl or cyclic N) is 1. The second-order valence-electron chi connectivity index (χ2n) is 6.24. The third kappa shape index (κ3) is 3.43. The Morgan fingerprint density at radius 3 is 3.00 bits per heavy atom. The summed E-state index contributed by atoms with van der Waals surface area (Å²) in [6, 6.07) is 7.92. The number of benzene rings is 1. The summed E-state index contributed by atoms with van der Waals surface area (Å²) in [4.78, 5) is 2.27. The average molecular weight is 307 g/mol. The largest absolute Gasteiger partial charge is 0.491 e. The predicted molar refractivity (Wildman–Crippen MR) is 82.8 cm³/mol. The van der Waals surface area contributed by atoms with Crippen LogP contribution in [0.5, 0.6) is 5.75 Å². The standard InChI is InChI=1S/C17H25NO4/c19-8-10-21-15-4-1-3-14(11-15)12-18-7-6-17(16(20)13-18)5-2-9-22-17/h1,3-4,11,16,19-20H,2,5-10,12-13H2/t16-,17-/m0/s1. The number of rotatable bonds is 5. The summed E-state index contributed by atoms with van der Waals surface area (Å²) in [5.41, 5.74) is 0.869. The first kappa shape index (κ1) is 15.7. The van der Waals surface area contributed by atoms with Gasteiger partial charge in [-0.2, -0.15) is 0 Å². The van der Waals surface area contributed by atoms with E-state index in [1.54, 1.807) is 0 Å². The molecule has 22 heavy (non-hydrogen) atoms. The van der Waals surface area contributed by atoms with Gasteiger partial charge in [-0.1, -0.05) is 12.1 Å². The van der Waals surface area contributed by atoms with Crippen LogP contribution >= 0.6 is 0 Å². The molecule has 0 bridgehead atoms. The first-order chi connectivity index (χ1) is 10.7. The van der Waals surface area contributed by atoms with Crippen LogP contribution in [0.3, 0.4) is 0 Å². The molecule has 1 aromatic carbocycles. The van der Waals surface area contributed by atoms with Crippen LogP contribution in [0.25, 0.3) is 0 Å². The van der Waals surface area contributed by atoms with Gasteiger partial charge in [0, 0.05) is 26.2 Å². The molecule has 0 aliphatic carbocycles. The summed E-state index contributed by atoms with van der Waals surface area (Å²) in [6.45, 7) is 3.50. The van der Waals surface area contributed by atoms with Gasteiger partial charge in [-0.3, -0.25) is 4.90 Å². The average Bonchev–Trinajstić information content (AvgIpc) is 3.00.